The number of benzene rings is 1. The molecule has 1 aliphatic heterocycles. The van der Waals surface area contributed by atoms with E-state index in [1.165, 1.54) is 6.33 Å². The van der Waals surface area contributed by atoms with Crippen molar-refractivity contribution in [2.24, 2.45) is 0 Å². The predicted octanol–water partition coefficient (Wildman–Crippen LogP) is 3.75. The van der Waals surface area contributed by atoms with E-state index >= 15 is 0 Å². The molecule has 1 aromatic carbocycles. The topological polar surface area (TPSA) is 111 Å². The van der Waals surface area contributed by atoms with Crippen molar-refractivity contribution in [1.29, 1.82) is 0 Å². The molecule has 9 nitrogen and oxygen atoms in total. The summed E-state index contributed by atoms with van der Waals surface area (Å²) in [4.78, 5) is 25.6. The minimum atomic E-state index is -2.04. The van der Waals surface area contributed by atoms with E-state index in [1.807, 2.05) is 10.6 Å². The number of carbonyl (C=O) groups is 1. The second kappa shape index (κ2) is 8.94. The smallest absolute Gasteiger partial charge is 0.256 e. The van der Waals surface area contributed by atoms with Crippen LogP contribution in [0.2, 0.25) is 18.1 Å². The summed E-state index contributed by atoms with van der Waals surface area (Å²) in [5.41, 5.74) is 1.54. The highest BCUT2D eigenvalue weighted by molar-refractivity contribution is 6.74. The van der Waals surface area contributed by atoms with Gasteiger partial charge in [-0.2, -0.15) is 0 Å². The minimum Gasteiger partial charge on any atom is -0.411 e. The number of carbonyl (C=O) groups excluding carboxylic acids is 1. The van der Waals surface area contributed by atoms with Gasteiger partial charge in [0.2, 0.25) is 0 Å². The Morgan fingerprint density at radius 2 is 1.97 bits per heavy atom. The highest BCUT2D eigenvalue weighted by Crippen LogP contribution is 2.41. The largest absolute Gasteiger partial charge is 0.411 e. The summed E-state index contributed by atoms with van der Waals surface area (Å²) in [6, 6.07) is 8.92. The zero-order chi connectivity index (χ0) is 23.8. The molecule has 1 fully saturated rings. The average Bonchev–Trinajstić information content (AvgIpc) is 3.37. The summed E-state index contributed by atoms with van der Waals surface area (Å²) in [5, 5.41) is 12.8. The maximum absolute atomic E-state index is 12.6. The molecule has 1 amide bonds. The van der Waals surface area contributed by atoms with Gasteiger partial charge in [-0.05, 0) is 30.3 Å². The second-order valence-corrected chi connectivity index (χ2v) is 14.6. The molecule has 0 aliphatic carbocycles. The molecule has 33 heavy (non-hydrogen) atoms. The van der Waals surface area contributed by atoms with Crippen LogP contribution in [0.1, 0.15) is 43.8 Å². The van der Waals surface area contributed by atoms with E-state index in [9.17, 15) is 9.90 Å². The number of rotatable bonds is 6. The van der Waals surface area contributed by atoms with Crippen molar-refractivity contribution in [3.8, 4) is 0 Å². The molecule has 1 saturated heterocycles. The number of aromatic nitrogens is 4. The number of fused-ring (bicyclic) bond motifs is 1. The first-order valence-corrected chi connectivity index (χ1v) is 14.0. The molecule has 1 aliphatic rings. The molecule has 0 spiro atoms. The summed E-state index contributed by atoms with van der Waals surface area (Å²) in [6.07, 6.45) is 2.54. The number of hydrogen-bond donors (Lipinski definition) is 2. The summed E-state index contributed by atoms with van der Waals surface area (Å²) < 4.78 is 14.5. The van der Waals surface area contributed by atoms with Crippen molar-refractivity contribution in [3.63, 3.8) is 0 Å². The van der Waals surface area contributed by atoms with E-state index in [4.69, 9.17) is 9.16 Å². The van der Waals surface area contributed by atoms with Gasteiger partial charge in [0.1, 0.15) is 18.7 Å². The van der Waals surface area contributed by atoms with Crippen LogP contribution in [0.4, 0.5) is 5.82 Å². The quantitative estimate of drug-likeness (QED) is 0.529. The van der Waals surface area contributed by atoms with E-state index in [0.717, 1.165) is 0 Å². The van der Waals surface area contributed by atoms with Gasteiger partial charge in [-0.25, -0.2) is 15.0 Å². The molecule has 2 N–H and O–H groups in total. The summed E-state index contributed by atoms with van der Waals surface area (Å²) in [5.74, 6) is 0.0591. The van der Waals surface area contributed by atoms with E-state index in [1.54, 1.807) is 30.6 Å². The van der Waals surface area contributed by atoms with Crippen molar-refractivity contribution < 1.29 is 19.1 Å². The summed E-state index contributed by atoms with van der Waals surface area (Å²) in [7, 11) is -2.04. The van der Waals surface area contributed by atoms with Crippen LogP contribution in [0.15, 0.2) is 43.0 Å². The summed E-state index contributed by atoms with van der Waals surface area (Å²) >= 11 is 0. The molecular weight excluding hydrogens is 438 g/mol. The van der Waals surface area contributed by atoms with Crippen molar-refractivity contribution >= 4 is 31.2 Å². The van der Waals surface area contributed by atoms with Crippen LogP contribution in [0.25, 0.3) is 11.2 Å². The Morgan fingerprint density at radius 1 is 1.24 bits per heavy atom. The van der Waals surface area contributed by atoms with Crippen molar-refractivity contribution in [2.75, 3.05) is 11.9 Å². The number of aliphatic hydroxyl groups is 1. The van der Waals surface area contributed by atoms with Gasteiger partial charge in [0.15, 0.2) is 25.3 Å². The molecule has 0 saturated carbocycles. The van der Waals surface area contributed by atoms with Gasteiger partial charge < -0.3 is 19.6 Å². The summed E-state index contributed by atoms with van der Waals surface area (Å²) in [6.45, 7) is 10.8. The van der Waals surface area contributed by atoms with E-state index < -0.39 is 20.6 Å². The third-order valence-electron chi connectivity index (χ3n) is 6.55. The van der Waals surface area contributed by atoms with Crippen LogP contribution in [0.3, 0.4) is 0 Å². The Bertz CT molecular complexity index is 1130. The molecule has 3 atom stereocenters. The Morgan fingerprint density at radius 3 is 2.64 bits per heavy atom. The number of hydrogen-bond acceptors (Lipinski definition) is 7. The minimum absolute atomic E-state index is 0.0475. The van der Waals surface area contributed by atoms with Crippen molar-refractivity contribution in [2.45, 2.75) is 63.8 Å². The molecule has 176 valence electrons. The van der Waals surface area contributed by atoms with Crippen LogP contribution < -0.4 is 5.32 Å². The van der Waals surface area contributed by atoms with Gasteiger partial charge in [0.25, 0.3) is 5.91 Å². The molecule has 4 rings (SSSR count). The number of ether oxygens (including phenoxy) is 1. The van der Waals surface area contributed by atoms with Crippen LogP contribution >= 0.6 is 0 Å². The number of nitrogens with one attached hydrogen (secondary N) is 1. The average molecular weight is 470 g/mol. The molecule has 2 aromatic heterocycles. The molecule has 0 bridgehead atoms. The van der Waals surface area contributed by atoms with Crippen LogP contribution in [-0.4, -0.2) is 57.7 Å². The number of aliphatic hydroxyl groups excluding tert-OH is 1. The lowest BCUT2D eigenvalue weighted by Gasteiger charge is -2.39. The lowest BCUT2D eigenvalue weighted by atomic mass is 10.2. The van der Waals surface area contributed by atoms with E-state index in [2.05, 4.69) is 54.1 Å². The van der Waals surface area contributed by atoms with Gasteiger partial charge >= 0.3 is 0 Å². The Hall–Kier alpha value is -2.66. The number of nitrogens with zero attached hydrogens (tertiary/aromatic N) is 4. The maximum atomic E-state index is 12.6. The predicted molar refractivity (Wildman–Crippen MR) is 127 cm³/mol. The fraction of sp³-hybridized carbons (Fsp3) is 0.478. The molecular formula is C23H31N5O4Si. The van der Waals surface area contributed by atoms with E-state index in [0.29, 0.717) is 29.0 Å². The first kappa shape index (κ1) is 23.5. The lowest BCUT2D eigenvalue weighted by molar-refractivity contribution is -0.0410. The SMILES string of the molecule is CC(C)(C)[Si](C)(C)O[C@H]1CC(n2cnc3c(NC(=O)c4ccccc4)ncnc32)OC1CO. The zero-order valence-electron chi connectivity index (χ0n) is 19.6. The van der Waals surface area contributed by atoms with Gasteiger partial charge in [0, 0.05) is 12.0 Å². The van der Waals surface area contributed by atoms with E-state index in [-0.39, 0.29) is 23.7 Å². The van der Waals surface area contributed by atoms with Gasteiger partial charge in [-0.1, -0.05) is 39.0 Å². The Labute approximate surface area is 194 Å². The number of amides is 1. The van der Waals surface area contributed by atoms with Gasteiger partial charge in [-0.15, -0.1) is 0 Å². The fourth-order valence-electron chi connectivity index (χ4n) is 3.64. The number of imidazole rings is 1. The fourth-order valence-corrected chi connectivity index (χ4v) is 5.00. The monoisotopic (exact) mass is 469 g/mol. The highest BCUT2D eigenvalue weighted by Gasteiger charge is 2.45. The Balaban J connectivity index is 1.57. The normalized spacial score (nSPS) is 21.5. The lowest BCUT2D eigenvalue weighted by Crippen LogP contribution is -2.46. The van der Waals surface area contributed by atoms with Crippen LogP contribution in [0.5, 0.6) is 0 Å². The maximum Gasteiger partial charge on any atom is 0.256 e. The third-order valence-corrected chi connectivity index (χ3v) is 11.1. The molecule has 2 unspecified atom stereocenters. The van der Waals surface area contributed by atoms with Crippen molar-refractivity contribution in [1.82, 2.24) is 19.5 Å². The first-order chi connectivity index (χ1) is 15.6. The second-order valence-electron chi connectivity index (χ2n) is 9.83. The Kier molecular flexibility index (Phi) is 6.36. The molecule has 3 heterocycles. The highest BCUT2D eigenvalue weighted by atomic mass is 28.4. The standard InChI is InChI=1S/C23H31N5O4Si/c1-23(2,3)33(4,5)32-16-11-18(31-17(16)12-29)28-14-26-19-20(24-13-25-21(19)28)27-22(30)15-9-7-6-8-10-15/h6-10,13-14,16-18,29H,11-12H2,1-5H3,(H,24,25,27,30)/t16-,17?,18?/m0/s1. The molecule has 3 aromatic rings. The number of anilines is 1. The van der Waals surface area contributed by atoms with Gasteiger partial charge in [0.05, 0.1) is 19.0 Å². The van der Waals surface area contributed by atoms with Gasteiger partial charge in [-0.3, -0.25) is 9.36 Å². The first-order valence-electron chi connectivity index (χ1n) is 11.1. The third kappa shape index (κ3) is 4.69. The molecule has 0 radical (unpaired) electrons. The van der Waals surface area contributed by atoms with Crippen molar-refractivity contribution in [3.05, 3.63) is 48.5 Å². The van der Waals surface area contributed by atoms with Crippen LogP contribution in [0, 0.1) is 0 Å². The molecule has 10 heteroatoms. The zero-order valence-corrected chi connectivity index (χ0v) is 20.6. The van der Waals surface area contributed by atoms with Crippen LogP contribution in [-0.2, 0) is 9.16 Å².